The lowest BCUT2D eigenvalue weighted by molar-refractivity contribution is -0.175. The summed E-state index contributed by atoms with van der Waals surface area (Å²) in [5.41, 5.74) is 0. The van der Waals surface area contributed by atoms with Crippen LogP contribution in [0.1, 0.15) is 6.92 Å². The zero-order valence-corrected chi connectivity index (χ0v) is 5.00. The van der Waals surface area contributed by atoms with E-state index in [0.717, 1.165) is 0 Å². The van der Waals surface area contributed by atoms with Gasteiger partial charge in [-0.15, -0.1) is 0 Å². The van der Waals surface area contributed by atoms with Crippen LogP contribution in [0.2, 0.25) is 0 Å². The number of hydroxylamine groups is 2. The molecule has 8 heavy (non-hydrogen) atoms. The molecule has 1 aliphatic heterocycles. The maximum Gasteiger partial charge on any atom is 0.0643 e. The maximum absolute atomic E-state index is 8.93. The summed E-state index contributed by atoms with van der Waals surface area (Å²) >= 11 is 0. The van der Waals surface area contributed by atoms with Crippen LogP contribution >= 0.6 is 0 Å². The first-order chi connectivity index (χ1) is 3.80. The van der Waals surface area contributed by atoms with E-state index in [2.05, 4.69) is 0 Å². The van der Waals surface area contributed by atoms with E-state index >= 15 is 0 Å². The zero-order valence-electron chi connectivity index (χ0n) is 5.00. The van der Waals surface area contributed by atoms with Crippen LogP contribution in [0.15, 0.2) is 0 Å². The summed E-state index contributed by atoms with van der Waals surface area (Å²) in [4.78, 5) is 0. The van der Waals surface area contributed by atoms with Gasteiger partial charge in [0.05, 0.1) is 19.3 Å². The molecule has 1 atom stereocenters. The van der Waals surface area contributed by atoms with Gasteiger partial charge in [-0.05, 0) is 6.92 Å². The molecule has 0 aliphatic carbocycles. The third-order valence-electron chi connectivity index (χ3n) is 1.33. The second kappa shape index (κ2) is 2.44. The summed E-state index contributed by atoms with van der Waals surface area (Å²) in [5, 5.41) is 10.2. The van der Waals surface area contributed by atoms with Crippen molar-refractivity contribution in [2.24, 2.45) is 0 Å². The Bertz CT molecular complexity index is 66.8. The Kier molecular flexibility index (Phi) is 1.83. The standard InChI is InChI=1S/C5H11NO2/c1-5-4-8-3-2-6(5)7/h5,7H,2-4H2,1H3/t5-/m1/s1. The lowest BCUT2D eigenvalue weighted by Gasteiger charge is -2.26. The second-order valence-electron chi connectivity index (χ2n) is 2.09. The van der Waals surface area contributed by atoms with Gasteiger partial charge in [0.2, 0.25) is 0 Å². The predicted molar refractivity (Wildman–Crippen MR) is 28.8 cm³/mol. The molecular weight excluding hydrogens is 106 g/mol. The highest BCUT2D eigenvalue weighted by atomic mass is 16.5. The van der Waals surface area contributed by atoms with Crippen molar-refractivity contribution in [1.29, 1.82) is 0 Å². The van der Waals surface area contributed by atoms with Crippen LogP contribution in [0.5, 0.6) is 0 Å². The van der Waals surface area contributed by atoms with Crippen LogP contribution in [-0.2, 0) is 4.74 Å². The first kappa shape index (κ1) is 6.01. The van der Waals surface area contributed by atoms with Crippen molar-refractivity contribution in [3.05, 3.63) is 0 Å². The Morgan fingerprint density at radius 3 is 2.88 bits per heavy atom. The molecule has 1 N–H and O–H groups in total. The van der Waals surface area contributed by atoms with Crippen LogP contribution < -0.4 is 0 Å². The van der Waals surface area contributed by atoms with E-state index in [-0.39, 0.29) is 6.04 Å². The van der Waals surface area contributed by atoms with E-state index < -0.39 is 0 Å². The minimum absolute atomic E-state index is 0.170. The summed E-state index contributed by atoms with van der Waals surface area (Å²) in [6, 6.07) is 0.170. The molecule has 0 aromatic heterocycles. The van der Waals surface area contributed by atoms with Gasteiger partial charge < -0.3 is 9.94 Å². The fraction of sp³-hybridized carbons (Fsp3) is 1.00. The molecule has 0 radical (unpaired) electrons. The van der Waals surface area contributed by atoms with Gasteiger partial charge in [0.25, 0.3) is 0 Å². The average molecular weight is 117 g/mol. The molecule has 1 rings (SSSR count). The molecule has 1 fully saturated rings. The minimum atomic E-state index is 0.170. The molecule has 0 spiro atoms. The summed E-state index contributed by atoms with van der Waals surface area (Å²) in [5.74, 6) is 0. The fourth-order valence-electron chi connectivity index (χ4n) is 0.718. The summed E-state index contributed by atoms with van der Waals surface area (Å²) in [6.45, 7) is 3.87. The summed E-state index contributed by atoms with van der Waals surface area (Å²) < 4.78 is 5.05. The van der Waals surface area contributed by atoms with Gasteiger partial charge in [0.1, 0.15) is 0 Å². The molecule has 0 aromatic carbocycles. The SMILES string of the molecule is C[C@@H]1COCCN1O. The van der Waals surface area contributed by atoms with Gasteiger partial charge in [-0.2, -0.15) is 5.06 Å². The molecule has 48 valence electrons. The summed E-state index contributed by atoms with van der Waals surface area (Å²) in [6.07, 6.45) is 0. The molecule has 0 saturated carbocycles. The van der Waals surface area contributed by atoms with Crippen molar-refractivity contribution in [2.45, 2.75) is 13.0 Å². The number of morpholine rings is 1. The van der Waals surface area contributed by atoms with Gasteiger partial charge in [0, 0.05) is 6.54 Å². The fourth-order valence-corrected chi connectivity index (χ4v) is 0.718. The molecule has 0 bridgehead atoms. The number of ether oxygens (including phenoxy) is 1. The van der Waals surface area contributed by atoms with Crippen LogP contribution in [0.25, 0.3) is 0 Å². The highest BCUT2D eigenvalue weighted by molar-refractivity contribution is 4.61. The van der Waals surface area contributed by atoms with E-state index in [9.17, 15) is 0 Å². The van der Waals surface area contributed by atoms with Crippen molar-refractivity contribution in [3.63, 3.8) is 0 Å². The molecule has 3 heteroatoms. The van der Waals surface area contributed by atoms with E-state index in [1.165, 1.54) is 5.06 Å². The molecule has 0 aromatic rings. The smallest absolute Gasteiger partial charge is 0.0643 e. The van der Waals surface area contributed by atoms with Gasteiger partial charge in [-0.1, -0.05) is 0 Å². The number of rotatable bonds is 0. The van der Waals surface area contributed by atoms with Crippen molar-refractivity contribution in [3.8, 4) is 0 Å². The van der Waals surface area contributed by atoms with E-state index in [4.69, 9.17) is 9.94 Å². The van der Waals surface area contributed by atoms with Crippen LogP contribution in [-0.4, -0.2) is 36.1 Å². The van der Waals surface area contributed by atoms with Crippen LogP contribution in [0.4, 0.5) is 0 Å². The Balaban J connectivity index is 2.28. The maximum atomic E-state index is 8.93. The minimum Gasteiger partial charge on any atom is -0.378 e. The van der Waals surface area contributed by atoms with Gasteiger partial charge in [-0.3, -0.25) is 0 Å². The first-order valence-electron chi connectivity index (χ1n) is 2.84. The first-order valence-corrected chi connectivity index (χ1v) is 2.84. The molecule has 1 aliphatic rings. The molecular formula is C5H11NO2. The Morgan fingerprint density at radius 1 is 1.75 bits per heavy atom. The van der Waals surface area contributed by atoms with E-state index in [0.29, 0.717) is 19.8 Å². The second-order valence-corrected chi connectivity index (χ2v) is 2.09. The lowest BCUT2D eigenvalue weighted by atomic mass is 10.3. The monoisotopic (exact) mass is 117 g/mol. The molecule has 1 saturated heterocycles. The highest BCUT2D eigenvalue weighted by Gasteiger charge is 2.15. The van der Waals surface area contributed by atoms with Crippen LogP contribution in [0.3, 0.4) is 0 Å². The Labute approximate surface area is 48.8 Å². The van der Waals surface area contributed by atoms with Crippen molar-refractivity contribution in [1.82, 2.24) is 5.06 Å². The number of hydrogen-bond donors (Lipinski definition) is 1. The van der Waals surface area contributed by atoms with E-state index in [1.807, 2.05) is 6.92 Å². The van der Waals surface area contributed by atoms with Crippen LogP contribution in [0, 0.1) is 0 Å². The zero-order chi connectivity index (χ0) is 5.98. The Morgan fingerprint density at radius 2 is 2.50 bits per heavy atom. The third kappa shape index (κ3) is 1.18. The number of hydrogen-bond acceptors (Lipinski definition) is 3. The Hall–Kier alpha value is -0.120. The largest absolute Gasteiger partial charge is 0.378 e. The predicted octanol–water partition coefficient (Wildman–Crippen LogP) is 0.0963. The van der Waals surface area contributed by atoms with Crippen molar-refractivity contribution in [2.75, 3.05) is 19.8 Å². The normalized spacial score (nSPS) is 33.0. The van der Waals surface area contributed by atoms with Crippen molar-refractivity contribution < 1.29 is 9.94 Å². The molecule has 0 unspecified atom stereocenters. The van der Waals surface area contributed by atoms with Crippen molar-refractivity contribution >= 4 is 0 Å². The van der Waals surface area contributed by atoms with Gasteiger partial charge in [-0.25, -0.2) is 0 Å². The van der Waals surface area contributed by atoms with Gasteiger partial charge in [0.15, 0.2) is 0 Å². The lowest BCUT2D eigenvalue weighted by Crippen LogP contribution is -2.40. The summed E-state index contributed by atoms with van der Waals surface area (Å²) in [7, 11) is 0. The van der Waals surface area contributed by atoms with E-state index in [1.54, 1.807) is 0 Å². The molecule has 1 heterocycles. The molecule has 0 amide bonds. The van der Waals surface area contributed by atoms with Gasteiger partial charge >= 0.3 is 0 Å². The third-order valence-corrected chi connectivity index (χ3v) is 1.33. The number of nitrogens with zero attached hydrogens (tertiary/aromatic N) is 1. The quantitative estimate of drug-likeness (QED) is 0.488. The average Bonchev–Trinajstić information content (AvgIpc) is 1.77. The topological polar surface area (TPSA) is 32.7 Å². The molecule has 3 nitrogen and oxygen atoms in total. The highest BCUT2D eigenvalue weighted by Crippen LogP contribution is 2.00.